The van der Waals surface area contributed by atoms with E-state index >= 15 is 0 Å². The Morgan fingerprint density at radius 1 is 1.37 bits per heavy atom. The summed E-state index contributed by atoms with van der Waals surface area (Å²) in [5, 5.41) is 3.64. The quantitative estimate of drug-likeness (QED) is 0.774. The lowest BCUT2D eigenvalue weighted by Gasteiger charge is -2.17. The number of halogens is 4. The van der Waals surface area contributed by atoms with Gasteiger partial charge >= 0.3 is 6.61 Å². The molecule has 0 aliphatic heterocycles. The number of alkyl halides is 2. The fraction of sp³-hybridized carbons (Fsp3) is 0.538. The maximum atomic E-state index is 12.4. The van der Waals surface area contributed by atoms with Crippen LogP contribution in [0, 0.1) is 5.92 Å². The van der Waals surface area contributed by atoms with Crippen LogP contribution in [0.2, 0.25) is 5.02 Å². The van der Waals surface area contributed by atoms with Crippen LogP contribution in [0.15, 0.2) is 16.6 Å². The number of rotatable bonds is 5. The molecule has 6 heteroatoms. The molecule has 2 nitrogen and oxygen atoms in total. The van der Waals surface area contributed by atoms with Crippen LogP contribution < -0.4 is 10.1 Å². The molecule has 0 atom stereocenters. The molecule has 1 aromatic rings. The van der Waals surface area contributed by atoms with E-state index in [1.165, 1.54) is 25.7 Å². The second kappa shape index (κ2) is 6.75. The lowest BCUT2D eigenvalue weighted by atomic mass is 10.1. The molecule has 0 saturated heterocycles. The first-order valence-corrected chi connectivity index (χ1v) is 7.41. The van der Waals surface area contributed by atoms with Crippen molar-refractivity contribution in [2.45, 2.75) is 32.3 Å². The van der Waals surface area contributed by atoms with E-state index < -0.39 is 6.61 Å². The molecule has 1 aromatic carbocycles. The van der Waals surface area contributed by atoms with E-state index in [1.807, 2.05) is 0 Å². The Balaban J connectivity index is 2.11. The molecular formula is C13H15BrClF2NO. The molecule has 0 spiro atoms. The van der Waals surface area contributed by atoms with Crippen LogP contribution >= 0.6 is 27.5 Å². The van der Waals surface area contributed by atoms with Gasteiger partial charge in [-0.1, -0.05) is 24.4 Å². The summed E-state index contributed by atoms with van der Waals surface area (Å²) < 4.78 is 29.8. The van der Waals surface area contributed by atoms with Crippen LogP contribution in [0.1, 0.15) is 25.7 Å². The van der Waals surface area contributed by atoms with Crippen molar-refractivity contribution in [3.63, 3.8) is 0 Å². The van der Waals surface area contributed by atoms with Gasteiger partial charge in [0.25, 0.3) is 0 Å². The van der Waals surface area contributed by atoms with E-state index in [2.05, 4.69) is 26.0 Å². The Labute approximate surface area is 124 Å². The van der Waals surface area contributed by atoms with Crippen molar-refractivity contribution < 1.29 is 13.5 Å². The largest absolute Gasteiger partial charge is 0.431 e. The minimum Gasteiger partial charge on any atom is -0.431 e. The summed E-state index contributed by atoms with van der Waals surface area (Å²) in [4.78, 5) is 0. The summed E-state index contributed by atoms with van der Waals surface area (Å²) in [7, 11) is 0. The zero-order chi connectivity index (χ0) is 13.8. The number of ether oxygens (including phenoxy) is 1. The fourth-order valence-corrected chi connectivity index (χ4v) is 3.27. The maximum Gasteiger partial charge on any atom is 0.387 e. The van der Waals surface area contributed by atoms with Crippen LogP contribution in [0.3, 0.4) is 0 Å². The molecule has 0 aromatic heterocycles. The molecule has 1 fully saturated rings. The van der Waals surface area contributed by atoms with Gasteiger partial charge in [-0.15, -0.1) is 0 Å². The van der Waals surface area contributed by atoms with Gasteiger partial charge < -0.3 is 10.1 Å². The summed E-state index contributed by atoms with van der Waals surface area (Å²) in [6, 6.07) is 3.15. The summed E-state index contributed by atoms with van der Waals surface area (Å²) >= 11 is 9.14. The fourth-order valence-electron chi connectivity index (χ4n) is 2.37. The maximum absolute atomic E-state index is 12.4. The molecule has 19 heavy (non-hydrogen) atoms. The minimum absolute atomic E-state index is 0.109. The highest BCUT2D eigenvalue weighted by atomic mass is 79.9. The van der Waals surface area contributed by atoms with Gasteiger partial charge in [-0.3, -0.25) is 0 Å². The molecule has 0 radical (unpaired) electrons. The second-order valence-corrected chi connectivity index (χ2v) is 5.96. The zero-order valence-corrected chi connectivity index (χ0v) is 12.6. The number of nitrogens with one attached hydrogen (secondary N) is 1. The predicted molar refractivity (Wildman–Crippen MR) is 76.2 cm³/mol. The van der Waals surface area contributed by atoms with E-state index in [1.54, 1.807) is 12.1 Å². The third-order valence-electron chi connectivity index (χ3n) is 3.27. The molecule has 0 heterocycles. The lowest BCUT2D eigenvalue weighted by molar-refractivity contribution is -0.0498. The predicted octanol–water partition coefficient (Wildman–Crippen LogP) is 5.31. The van der Waals surface area contributed by atoms with Crippen molar-refractivity contribution in [1.29, 1.82) is 0 Å². The highest BCUT2D eigenvalue weighted by Crippen LogP contribution is 2.38. The molecule has 1 N–H and O–H groups in total. The molecule has 0 amide bonds. The SMILES string of the molecule is FC(F)Oc1c(Br)cc(Cl)cc1NCC1CCCC1. The number of hydrogen-bond acceptors (Lipinski definition) is 2. The molecule has 0 bridgehead atoms. The van der Waals surface area contributed by atoms with Crippen LogP contribution in [0.4, 0.5) is 14.5 Å². The molecule has 1 saturated carbocycles. The van der Waals surface area contributed by atoms with Gasteiger partial charge in [0.2, 0.25) is 0 Å². The topological polar surface area (TPSA) is 21.3 Å². The van der Waals surface area contributed by atoms with Crippen molar-refractivity contribution in [1.82, 2.24) is 0 Å². The summed E-state index contributed by atoms with van der Waals surface area (Å²) in [6.45, 7) is -2.10. The highest BCUT2D eigenvalue weighted by molar-refractivity contribution is 9.10. The van der Waals surface area contributed by atoms with Gasteiger partial charge in [-0.25, -0.2) is 0 Å². The van der Waals surface area contributed by atoms with Crippen molar-refractivity contribution in [2.24, 2.45) is 5.92 Å². The smallest absolute Gasteiger partial charge is 0.387 e. The van der Waals surface area contributed by atoms with Crippen LogP contribution in [-0.2, 0) is 0 Å². The Kier molecular flexibility index (Phi) is 5.28. The molecular weight excluding hydrogens is 340 g/mol. The summed E-state index contributed by atoms with van der Waals surface area (Å²) in [6.07, 6.45) is 4.84. The van der Waals surface area contributed by atoms with Crippen LogP contribution in [0.5, 0.6) is 5.75 Å². The number of benzene rings is 1. The molecule has 0 unspecified atom stereocenters. The van der Waals surface area contributed by atoms with Gasteiger partial charge in [0.05, 0.1) is 10.2 Å². The lowest BCUT2D eigenvalue weighted by Crippen LogP contribution is -2.13. The van der Waals surface area contributed by atoms with Crippen LogP contribution in [0.25, 0.3) is 0 Å². The molecule has 1 aliphatic rings. The monoisotopic (exact) mass is 353 g/mol. The van der Waals surface area contributed by atoms with Crippen molar-refractivity contribution in [3.8, 4) is 5.75 Å². The summed E-state index contributed by atoms with van der Waals surface area (Å²) in [5.41, 5.74) is 0.506. The van der Waals surface area contributed by atoms with Gasteiger partial charge in [0, 0.05) is 11.6 Å². The highest BCUT2D eigenvalue weighted by Gasteiger charge is 2.18. The van der Waals surface area contributed by atoms with Gasteiger partial charge in [-0.2, -0.15) is 8.78 Å². The average Bonchev–Trinajstić information content (AvgIpc) is 2.83. The number of hydrogen-bond donors (Lipinski definition) is 1. The Morgan fingerprint density at radius 2 is 2.05 bits per heavy atom. The van der Waals surface area contributed by atoms with Crippen molar-refractivity contribution >= 4 is 33.2 Å². The van der Waals surface area contributed by atoms with Crippen molar-refractivity contribution in [2.75, 3.05) is 11.9 Å². The van der Waals surface area contributed by atoms with Gasteiger partial charge in [0.15, 0.2) is 5.75 Å². The Hall–Kier alpha value is -0.550. The van der Waals surface area contributed by atoms with Crippen LogP contribution in [-0.4, -0.2) is 13.2 Å². The first-order chi connectivity index (χ1) is 9.06. The summed E-state index contributed by atoms with van der Waals surface area (Å²) in [5.74, 6) is 0.703. The van der Waals surface area contributed by atoms with Crippen molar-refractivity contribution in [3.05, 3.63) is 21.6 Å². The minimum atomic E-state index is -2.86. The van der Waals surface area contributed by atoms with Gasteiger partial charge in [0.1, 0.15) is 0 Å². The van der Waals surface area contributed by atoms with E-state index in [0.29, 0.717) is 21.1 Å². The Bertz CT molecular complexity index is 439. The van der Waals surface area contributed by atoms with E-state index in [0.717, 1.165) is 6.54 Å². The first-order valence-electron chi connectivity index (χ1n) is 6.24. The molecule has 1 aliphatic carbocycles. The third-order valence-corrected chi connectivity index (χ3v) is 4.08. The van der Waals surface area contributed by atoms with Gasteiger partial charge in [-0.05, 0) is 46.8 Å². The zero-order valence-electron chi connectivity index (χ0n) is 10.3. The average molecular weight is 355 g/mol. The first kappa shape index (κ1) is 14.9. The molecule has 2 rings (SSSR count). The second-order valence-electron chi connectivity index (χ2n) is 4.67. The normalized spacial score (nSPS) is 16.1. The third kappa shape index (κ3) is 4.21. The Morgan fingerprint density at radius 3 is 2.68 bits per heavy atom. The van der Waals surface area contributed by atoms with E-state index in [9.17, 15) is 8.78 Å². The van der Waals surface area contributed by atoms with E-state index in [-0.39, 0.29) is 5.75 Å². The number of anilines is 1. The molecule has 106 valence electrons. The standard InChI is InChI=1S/C13H15BrClF2NO/c14-10-5-9(15)6-11(12(10)19-13(16)17)18-7-8-3-1-2-4-8/h5-6,8,13,18H,1-4,7H2. The van der Waals surface area contributed by atoms with E-state index in [4.69, 9.17) is 11.6 Å².